The highest BCUT2D eigenvalue weighted by Gasteiger charge is 2.32. The van der Waals surface area contributed by atoms with Crippen LogP contribution >= 0.6 is 12.6 Å². The zero-order valence-electron chi connectivity index (χ0n) is 15.6. The second-order valence-electron chi connectivity index (χ2n) is 7.08. The fourth-order valence-corrected chi connectivity index (χ4v) is 4.10. The lowest BCUT2D eigenvalue weighted by molar-refractivity contribution is 0.213. The van der Waals surface area contributed by atoms with Gasteiger partial charge in [0.15, 0.2) is 0 Å². The van der Waals surface area contributed by atoms with E-state index in [0.29, 0.717) is 6.54 Å². The fraction of sp³-hybridized carbons (Fsp3) is 0.0833. The SMILES string of the molecule is O=C1NC(=Cc2c3ccccc3nc3ccccc23)C(S)N1Cc1ccccc1. The number of nitrogens with one attached hydrogen (secondary N) is 1. The summed E-state index contributed by atoms with van der Waals surface area (Å²) in [7, 11) is 0. The Morgan fingerprint density at radius 2 is 1.48 bits per heavy atom. The normalized spacial score (nSPS) is 18.0. The Labute approximate surface area is 174 Å². The molecule has 0 radical (unpaired) electrons. The number of aromatic nitrogens is 1. The average Bonchev–Trinajstić information content (AvgIpc) is 3.02. The molecule has 2 amide bonds. The molecule has 142 valence electrons. The molecular weight excluding hydrogens is 378 g/mol. The molecule has 1 aromatic heterocycles. The third kappa shape index (κ3) is 3.23. The molecule has 1 aliphatic heterocycles. The van der Waals surface area contributed by atoms with Crippen molar-refractivity contribution < 1.29 is 4.79 Å². The molecule has 2 heterocycles. The van der Waals surface area contributed by atoms with Crippen LogP contribution in [0.25, 0.3) is 27.9 Å². The summed E-state index contributed by atoms with van der Waals surface area (Å²) < 4.78 is 0. The number of fused-ring (bicyclic) bond motifs is 2. The molecule has 4 aromatic rings. The van der Waals surface area contributed by atoms with E-state index in [2.05, 4.69) is 17.4 Å². The van der Waals surface area contributed by atoms with E-state index in [1.165, 1.54) is 0 Å². The quantitative estimate of drug-likeness (QED) is 0.368. The first-order valence-corrected chi connectivity index (χ1v) is 10.0. The van der Waals surface area contributed by atoms with Gasteiger partial charge in [0.25, 0.3) is 0 Å². The largest absolute Gasteiger partial charge is 0.323 e. The maximum Gasteiger partial charge on any atom is 0.323 e. The van der Waals surface area contributed by atoms with Crippen LogP contribution in [0.15, 0.2) is 84.6 Å². The second kappa shape index (κ2) is 7.26. The lowest BCUT2D eigenvalue weighted by Crippen LogP contribution is -2.30. The molecule has 4 nitrogen and oxygen atoms in total. The fourth-order valence-electron chi connectivity index (χ4n) is 3.77. The summed E-state index contributed by atoms with van der Waals surface area (Å²) in [5.41, 5.74) is 4.75. The van der Waals surface area contributed by atoms with E-state index in [9.17, 15) is 4.79 Å². The van der Waals surface area contributed by atoms with E-state index < -0.39 is 0 Å². The van der Waals surface area contributed by atoms with Gasteiger partial charge in [0.05, 0.1) is 16.7 Å². The third-order valence-electron chi connectivity index (χ3n) is 5.21. The van der Waals surface area contributed by atoms with E-state index in [1.807, 2.05) is 72.8 Å². The molecule has 3 aromatic carbocycles. The number of thiol groups is 1. The van der Waals surface area contributed by atoms with Gasteiger partial charge in [-0.2, -0.15) is 0 Å². The van der Waals surface area contributed by atoms with Gasteiger partial charge in [-0.3, -0.25) is 0 Å². The van der Waals surface area contributed by atoms with Gasteiger partial charge >= 0.3 is 6.03 Å². The zero-order chi connectivity index (χ0) is 19.8. The number of urea groups is 1. The van der Waals surface area contributed by atoms with Crippen LogP contribution in [0.1, 0.15) is 11.1 Å². The molecule has 1 fully saturated rings. The summed E-state index contributed by atoms with van der Waals surface area (Å²) in [6.45, 7) is 0.510. The first kappa shape index (κ1) is 17.8. The van der Waals surface area contributed by atoms with Crippen molar-refractivity contribution in [1.29, 1.82) is 0 Å². The molecule has 1 N–H and O–H groups in total. The average molecular weight is 398 g/mol. The first-order chi connectivity index (χ1) is 14.2. The van der Waals surface area contributed by atoms with Crippen LogP contribution in [0, 0.1) is 0 Å². The molecule has 5 heteroatoms. The van der Waals surface area contributed by atoms with Crippen molar-refractivity contribution in [3.05, 3.63) is 95.7 Å². The Hall–Kier alpha value is -3.31. The summed E-state index contributed by atoms with van der Waals surface area (Å²) in [6.07, 6.45) is 2.03. The summed E-state index contributed by atoms with van der Waals surface area (Å²) in [5, 5.41) is 4.77. The van der Waals surface area contributed by atoms with Crippen LogP contribution in [0.2, 0.25) is 0 Å². The van der Waals surface area contributed by atoms with Crippen molar-refractivity contribution in [2.45, 2.75) is 11.9 Å². The number of nitrogens with zero attached hydrogens (tertiary/aromatic N) is 2. The molecule has 5 rings (SSSR count). The van der Waals surface area contributed by atoms with E-state index in [1.54, 1.807) is 4.90 Å². The summed E-state index contributed by atoms with van der Waals surface area (Å²) >= 11 is 4.75. The number of pyridine rings is 1. The Bertz CT molecular complexity index is 1200. The maximum atomic E-state index is 12.6. The Morgan fingerprint density at radius 3 is 2.14 bits per heavy atom. The second-order valence-corrected chi connectivity index (χ2v) is 7.57. The van der Waals surface area contributed by atoms with Crippen molar-refractivity contribution in [2.24, 2.45) is 0 Å². The van der Waals surface area contributed by atoms with Gasteiger partial charge in [-0.1, -0.05) is 66.7 Å². The number of carbonyl (C=O) groups excluding carboxylic acids is 1. The number of hydrogen-bond acceptors (Lipinski definition) is 3. The number of hydrogen-bond donors (Lipinski definition) is 2. The minimum atomic E-state index is -0.339. The molecule has 1 unspecified atom stereocenters. The molecule has 29 heavy (non-hydrogen) atoms. The van der Waals surface area contributed by atoms with Crippen LogP contribution in [-0.4, -0.2) is 21.3 Å². The highest BCUT2D eigenvalue weighted by Crippen LogP contribution is 2.31. The lowest BCUT2D eigenvalue weighted by Gasteiger charge is -2.19. The van der Waals surface area contributed by atoms with Crippen LogP contribution < -0.4 is 5.32 Å². The number of amides is 2. The standard InChI is InChI=1S/C24H19N3OS/c28-24-26-22(23(29)27(24)15-16-8-2-1-3-9-16)14-19-17-10-4-6-12-20(17)25-21-13-7-5-11-18(19)21/h1-14,23,29H,15H2,(H,26,28). The maximum absolute atomic E-state index is 12.6. The van der Waals surface area contributed by atoms with Gasteiger partial charge < -0.3 is 10.2 Å². The molecule has 0 aliphatic carbocycles. The van der Waals surface area contributed by atoms with Gasteiger partial charge in [-0.05, 0) is 29.3 Å². The van der Waals surface area contributed by atoms with Gasteiger partial charge in [0.1, 0.15) is 5.37 Å². The molecule has 0 saturated carbocycles. The van der Waals surface area contributed by atoms with Crippen LogP contribution in [-0.2, 0) is 6.54 Å². The number of rotatable bonds is 3. The molecule has 0 spiro atoms. The topological polar surface area (TPSA) is 45.2 Å². The third-order valence-corrected chi connectivity index (χ3v) is 5.77. The summed E-state index contributed by atoms with van der Waals surface area (Å²) in [5.74, 6) is 0. The number of carbonyl (C=O) groups is 1. The Kier molecular flexibility index (Phi) is 4.45. The van der Waals surface area contributed by atoms with Crippen molar-refractivity contribution in [2.75, 3.05) is 0 Å². The highest BCUT2D eigenvalue weighted by molar-refractivity contribution is 7.81. The highest BCUT2D eigenvalue weighted by atomic mass is 32.1. The van der Waals surface area contributed by atoms with Crippen molar-refractivity contribution in [3.63, 3.8) is 0 Å². The van der Waals surface area contributed by atoms with E-state index >= 15 is 0 Å². The predicted octanol–water partition coefficient (Wildman–Crippen LogP) is 5.21. The van der Waals surface area contributed by atoms with Crippen LogP contribution in [0.4, 0.5) is 4.79 Å². The molecular formula is C24H19N3OS. The first-order valence-electron chi connectivity index (χ1n) is 9.49. The van der Waals surface area contributed by atoms with E-state index in [4.69, 9.17) is 17.6 Å². The minimum absolute atomic E-state index is 0.136. The molecule has 1 aliphatic rings. The predicted molar refractivity (Wildman–Crippen MR) is 121 cm³/mol. The van der Waals surface area contributed by atoms with Crippen molar-refractivity contribution in [1.82, 2.24) is 15.2 Å². The number of benzene rings is 3. The molecule has 1 saturated heterocycles. The number of para-hydroxylation sites is 2. The van der Waals surface area contributed by atoms with E-state index in [0.717, 1.165) is 38.6 Å². The minimum Gasteiger partial charge on any atom is -0.309 e. The van der Waals surface area contributed by atoms with Gasteiger partial charge in [-0.25, -0.2) is 9.78 Å². The summed E-state index contributed by atoms with van der Waals surface area (Å²) in [4.78, 5) is 19.1. The smallest absolute Gasteiger partial charge is 0.309 e. The molecule has 1 atom stereocenters. The van der Waals surface area contributed by atoms with Gasteiger partial charge in [0, 0.05) is 17.3 Å². The summed E-state index contributed by atoms with van der Waals surface area (Å²) in [6, 6.07) is 25.9. The van der Waals surface area contributed by atoms with Crippen LogP contribution in [0.5, 0.6) is 0 Å². The van der Waals surface area contributed by atoms with Crippen LogP contribution in [0.3, 0.4) is 0 Å². The van der Waals surface area contributed by atoms with Gasteiger partial charge in [-0.15, -0.1) is 12.6 Å². The zero-order valence-corrected chi connectivity index (χ0v) is 16.5. The monoisotopic (exact) mass is 397 g/mol. The van der Waals surface area contributed by atoms with Crippen molar-refractivity contribution in [3.8, 4) is 0 Å². The Morgan fingerprint density at radius 1 is 0.897 bits per heavy atom. The van der Waals surface area contributed by atoms with E-state index in [-0.39, 0.29) is 11.4 Å². The molecule has 0 bridgehead atoms. The van der Waals surface area contributed by atoms with Crippen molar-refractivity contribution >= 4 is 46.5 Å². The lowest BCUT2D eigenvalue weighted by atomic mass is 10.0. The Balaban J connectivity index is 1.60. The van der Waals surface area contributed by atoms with Gasteiger partial charge in [0.2, 0.25) is 0 Å².